The molecule has 4 rings (SSSR count). The molecule has 0 atom stereocenters. The molecule has 34 heavy (non-hydrogen) atoms. The van der Waals surface area contributed by atoms with Gasteiger partial charge in [-0.05, 0) is 24.3 Å². The molecule has 0 unspecified atom stereocenters. The summed E-state index contributed by atoms with van der Waals surface area (Å²) in [7, 11) is 3.39. The van der Waals surface area contributed by atoms with E-state index in [1.807, 2.05) is 18.5 Å². The number of nitrogens with zero attached hydrogens (tertiary/aromatic N) is 3. The Hall–Kier alpha value is -4.08. The van der Waals surface area contributed by atoms with Crippen molar-refractivity contribution < 1.29 is 19.1 Å². The normalized spacial score (nSPS) is 13.1. The minimum absolute atomic E-state index is 0.127. The van der Waals surface area contributed by atoms with Gasteiger partial charge in [0, 0.05) is 45.2 Å². The van der Waals surface area contributed by atoms with Crippen molar-refractivity contribution in [3.05, 3.63) is 53.3 Å². The summed E-state index contributed by atoms with van der Waals surface area (Å²) in [4.78, 5) is 44.0. The van der Waals surface area contributed by atoms with Crippen molar-refractivity contribution in [1.29, 1.82) is 0 Å². The summed E-state index contributed by atoms with van der Waals surface area (Å²) in [5.74, 6) is 0.629. The van der Waals surface area contributed by atoms with Crippen LogP contribution < -0.4 is 20.7 Å². The fraction of sp³-hybridized carbons (Fsp3) is 0.333. The summed E-state index contributed by atoms with van der Waals surface area (Å²) in [6.45, 7) is 3.96. The molecule has 1 saturated heterocycles. The average Bonchev–Trinajstić information content (AvgIpc) is 3.40. The Morgan fingerprint density at radius 3 is 2.71 bits per heavy atom. The zero-order valence-electron chi connectivity index (χ0n) is 19.5. The molecule has 10 nitrogen and oxygen atoms in total. The van der Waals surface area contributed by atoms with E-state index in [1.165, 1.54) is 7.11 Å². The highest BCUT2D eigenvalue weighted by Gasteiger charge is 2.21. The summed E-state index contributed by atoms with van der Waals surface area (Å²) in [5.41, 5.74) is 2.57. The lowest BCUT2D eigenvalue weighted by Gasteiger charge is -2.15. The Balaban J connectivity index is 1.61. The van der Waals surface area contributed by atoms with Crippen LogP contribution >= 0.6 is 0 Å². The Bertz CT molecular complexity index is 1250. The molecule has 2 heterocycles. The topological polar surface area (TPSA) is 118 Å². The molecule has 1 aliphatic rings. The second kappa shape index (κ2) is 9.82. The summed E-state index contributed by atoms with van der Waals surface area (Å²) in [6.07, 6.45) is 0.699. The molecule has 1 aromatic heterocycles. The van der Waals surface area contributed by atoms with Crippen LogP contribution in [0, 0.1) is 0 Å². The molecule has 10 heteroatoms. The first-order chi connectivity index (χ1) is 16.4. The first-order valence-electron chi connectivity index (χ1n) is 11.2. The predicted octanol–water partition coefficient (Wildman–Crippen LogP) is 2.15. The lowest BCUT2D eigenvalue weighted by molar-refractivity contribution is 0.0949. The van der Waals surface area contributed by atoms with Crippen LogP contribution in [0.15, 0.2) is 36.4 Å². The molecule has 1 fully saturated rings. The van der Waals surface area contributed by atoms with E-state index >= 15 is 0 Å². The maximum Gasteiger partial charge on any atom is 0.317 e. The number of imidazole rings is 1. The number of hydrogen-bond acceptors (Lipinski definition) is 5. The summed E-state index contributed by atoms with van der Waals surface area (Å²) in [6, 6.07) is 10.2. The number of carbonyl (C=O) groups is 3. The molecule has 0 bridgehead atoms. The third-order valence-electron chi connectivity index (χ3n) is 5.85. The molecule has 178 valence electrons. The van der Waals surface area contributed by atoms with Crippen LogP contribution in [-0.2, 0) is 13.5 Å². The Morgan fingerprint density at radius 2 is 2.00 bits per heavy atom. The molecule has 3 aromatic rings. The van der Waals surface area contributed by atoms with Gasteiger partial charge in [-0.3, -0.25) is 9.59 Å². The van der Waals surface area contributed by atoms with Gasteiger partial charge in [0.25, 0.3) is 11.8 Å². The van der Waals surface area contributed by atoms with E-state index in [4.69, 9.17) is 4.74 Å². The van der Waals surface area contributed by atoms with Crippen LogP contribution in [-0.4, -0.2) is 65.6 Å². The van der Waals surface area contributed by atoms with Crippen molar-refractivity contribution in [3.8, 4) is 5.75 Å². The van der Waals surface area contributed by atoms with Gasteiger partial charge >= 0.3 is 6.03 Å². The van der Waals surface area contributed by atoms with Gasteiger partial charge in [0.2, 0.25) is 0 Å². The van der Waals surface area contributed by atoms with Gasteiger partial charge in [-0.1, -0.05) is 19.1 Å². The monoisotopic (exact) mass is 464 g/mol. The van der Waals surface area contributed by atoms with Crippen LogP contribution in [0.1, 0.15) is 33.5 Å². The number of benzene rings is 2. The fourth-order valence-electron chi connectivity index (χ4n) is 4.10. The van der Waals surface area contributed by atoms with E-state index in [2.05, 4.69) is 20.9 Å². The van der Waals surface area contributed by atoms with Crippen molar-refractivity contribution in [2.45, 2.75) is 13.3 Å². The Kier molecular flexibility index (Phi) is 6.67. The van der Waals surface area contributed by atoms with Gasteiger partial charge in [-0.15, -0.1) is 0 Å². The second-order valence-electron chi connectivity index (χ2n) is 7.96. The zero-order valence-corrected chi connectivity index (χ0v) is 19.5. The van der Waals surface area contributed by atoms with Crippen molar-refractivity contribution in [3.63, 3.8) is 0 Å². The van der Waals surface area contributed by atoms with E-state index in [1.54, 1.807) is 41.3 Å². The van der Waals surface area contributed by atoms with Crippen LogP contribution in [0.3, 0.4) is 0 Å². The highest BCUT2D eigenvalue weighted by molar-refractivity contribution is 6.11. The van der Waals surface area contributed by atoms with E-state index in [0.29, 0.717) is 60.7 Å². The number of anilines is 1. The molecule has 0 aliphatic carbocycles. The SMILES string of the molecule is CCc1nc2cc(C(=O)NCCN3CCNC3=O)cc(NC(=O)c3ccccc3OC)c2n1C. The fourth-order valence-corrected chi connectivity index (χ4v) is 4.10. The molecule has 1 aliphatic heterocycles. The standard InChI is InChI=1S/C24H28N6O4/c1-4-20-27-17-13-15(22(31)25-9-11-30-12-10-26-24(30)33)14-18(21(17)29(20)2)28-23(32)16-7-5-6-8-19(16)34-3/h5-8,13-14H,4,9-12H2,1-3H3,(H,25,31)(H,26,33)(H,28,32). The van der Waals surface area contributed by atoms with Gasteiger partial charge in [0.05, 0.1) is 29.4 Å². The molecule has 0 radical (unpaired) electrons. The van der Waals surface area contributed by atoms with E-state index in [9.17, 15) is 14.4 Å². The minimum atomic E-state index is -0.351. The Labute approximate surface area is 197 Å². The molecule has 4 amide bonds. The van der Waals surface area contributed by atoms with Crippen LogP contribution in [0.25, 0.3) is 11.0 Å². The number of urea groups is 1. The largest absolute Gasteiger partial charge is 0.496 e. The van der Waals surface area contributed by atoms with Crippen molar-refractivity contribution in [1.82, 2.24) is 25.1 Å². The van der Waals surface area contributed by atoms with Crippen molar-refractivity contribution in [2.75, 3.05) is 38.6 Å². The molecule has 2 aromatic carbocycles. The van der Waals surface area contributed by atoms with Gasteiger partial charge < -0.3 is 30.2 Å². The average molecular weight is 465 g/mol. The van der Waals surface area contributed by atoms with Gasteiger partial charge in [0.15, 0.2) is 0 Å². The highest BCUT2D eigenvalue weighted by atomic mass is 16.5. The third kappa shape index (κ3) is 4.52. The number of hydrogen-bond donors (Lipinski definition) is 3. The van der Waals surface area contributed by atoms with Crippen molar-refractivity contribution in [2.24, 2.45) is 7.05 Å². The number of amides is 4. The maximum absolute atomic E-state index is 13.1. The van der Waals surface area contributed by atoms with Crippen LogP contribution in [0.5, 0.6) is 5.75 Å². The maximum atomic E-state index is 13.1. The number of aryl methyl sites for hydroxylation is 2. The van der Waals surface area contributed by atoms with Gasteiger partial charge in [0.1, 0.15) is 11.6 Å². The number of nitrogens with one attached hydrogen (secondary N) is 3. The lowest BCUT2D eigenvalue weighted by Crippen LogP contribution is -2.36. The summed E-state index contributed by atoms with van der Waals surface area (Å²) in [5, 5.41) is 8.52. The quantitative estimate of drug-likeness (QED) is 0.472. The number of carbonyl (C=O) groups excluding carboxylic acids is 3. The number of methoxy groups -OCH3 is 1. The minimum Gasteiger partial charge on any atom is -0.496 e. The first kappa shape index (κ1) is 23.1. The van der Waals surface area contributed by atoms with Gasteiger partial charge in [-0.25, -0.2) is 9.78 Å². The van der Waals surface area contributed by atoms with E-state index in [-0.39, 0.29) is 17.8 Å². The van der Waals surface area contributed by atoms with E-state index in [0.717, 1.165) is 11.3 Å². The molecular formula is C24H28N6O4. The zero-order chi connectivity index (χ0) is 24.2. The van der Waals surface area contributed by atoms with Crippen LogP contribution in [0.4, 0.5) is 10.5 Å². The molecule has 0 spiro atoms. The summed E-state index contributed by atoms with van der Waals surface area (Å²) < 4.78 is 7.24. The predicted molar refractivity (Wildman–Crippen MR) is 128 cm³/mol. The van der Waals surface area contributed by atoms with E-state index < -0.39 is 0 Å². The second-order valence-corrected chi connectivity index (χ2v) is 7.96. The van der Waals surface area contributed by atoms with Crippen LogP contribution in [0.2, 0.25) is 0 Å². The lowest BCUT2D eigenvalue weighted by atomic mass is 10.1. The third-order valence-corrected chi connectivity index (χ3v) is 5.85. The Morgan fingerprint density at radius 1 is 1.21 bits per heavy atom. The van der Waals surface area contributed by atoms with Crippen molar-refractivity contribution >= 4 is 34.6 Å². The number of aromatic nitrogens is 2. The number of rotatable bonds is 8. The first-order valence-corrected chi connectivity index (χ1v) is 11.2. The summed E-state index contributed by atoms with van der Waals surface area (Å²) >= 11 is 0. The molecule has 0 saturated carbocycles. The number of fused-ring (bicyclic) bond motifs is 1. The smallest absolute Gasteiger partial charge is 0.317 e. The van der Waals surface area contributed by atoms with Gasteiger partial charge in [-0.2, -0.15) is 0 Å². The number of ether oxygens (including phenoxy) is 1. The number of para-hydroxylation sites is 1. The highest BCUT2D eigenvalue weighted by Crippen LogP contribution is 2.28. The molecule has 3 N–H and O–H groups in total. The molecular weight excluding hydrogens is 436 g/mol.